The van der Waals surface area contributed by atoms with E-state index in [-0.39, 0.29) is 36.6 Å². The highest BCUT2D eigenvalue weighted by molar-refractivity contribution is 5.85. The third kappa shape index (κ3) is 5.31. The summed E-state index contributed by atoms with van der Waals surface area (Å²) < 4.78 is 88.7. The Kier molecular flexibility index (Phi) is 7.15. The average molecular weight is 526 g/mol. The summed E-state index contributed by atoms with van der Waals surface area (Å²) in [5, 5.41) is 0.895. The summed E-state index contributed by atoms with van der Waals surface area (Å²) in [7, 11) is 0. The fourth-order valence-corrected chi connectivity index (χ4v) is 5.58. The van der Waals surface area contributed by atoms with Gasteiger partial charge in [-0.1, -0.05) is 18.2 Å². The molecule has 4 nitrogen and oxygen atoms in total. The van der Waals surface area contributed by atoms with Crippen molar-refractivity contribution >= 4 is 10.9 Å². The molecule has 0 aliphatic carbocycles. The van der Waals surface area contributed by atoms with Crippen molar-refractivity contribution in [1.82, 2.24) is 14.8 Å². The Bertz CT molecular complexity index is 1230. The number of ether oxygens (including phenoxy) is 1. The second-order valence-corrected chi connectivity index (χ2v) is 10.1. The molecular weight excluding hydrogens is 496 g/mol. The van der Waals surface area contributed by atoms with Crippen LogP contribution >= 0.6 is 0 Å². The second-order valence-electron chi connectivity index (χ2n) is 10.1. The molecule has 0 saturated carbocycles. The van der Waals surface area contributed by atoms with Crippen LogP contribution in [0.2, 0.25) is 0 Å². The fourth-order valence-electron chi connectivity index (χ4n) is 5.58. The molecule has 0 spiro atoms. The van der Waals surface area contributed by atoms with Gasteiger partial charge in [-0.2, -0.15) is 13.2 Å². The van der Waals surface area contributed by atoms with Gasteiger partial charge in [0.2, 0.25) is 0 Å². The van der Waals surface area contributed by atoms with Gasteiger partial charge in [0.15, 0.2) is 0 Å². The first-order valence-electron chi connectivity index (χ1n) is 12.5. The summed E-state index contributed by atoms with van der Waals surface area (Å²) in [6, 6.07) is 8.17. The highest BCUT2D eigenvalue weighted by Crippen LogP contribution is 2.43. The normalized spacial score (nSPS) is 21.3. The summed E-state index contributed by atoms with van der Waals surface area (Å²) in [5.74, 6) is -1.72. The minimum Gasteiger partial charge on any atom is -0.492 e. The quantitative estimate of drug-likeness (QED) is 0.366. The van der Waals surface area contributed by atoms with Gasteiger partial charge in [0.05, 0.1) is 19.1 Å². The van der Waals surface area contributed by atoms with Crippen LogP contribution in [0.3, 0.4) is 0 Å². The van der Waals surface area contributed by atoms with Crippen molar-refractivity contribution in [3.8, 4) is 5.75 Å². The van der Waals surface area contributed by atoms with E-state index >= 15 is 8.78 Å². The van der Waals surface area contributed by atoms with Crippen LogP contribution in [0, 0.1) is 17.6 Å². The molecule has 0 bridgehead atoms. The number of benzene rings is 2. The first kappa shape index (κ1) is 25.9. The summed E-state index contributed by atoms with van der Waals surface area (Å²) in [6.07, 6.45) is -5.04. The molecule has 5 rings (SSSR count). The molecule has 2 aliphatic rings. The third-order valence-electron chi connectivity index (χ3n) is 7.42. The maximum absolute atomic E-state index is 15.5. The molecule has 200 valence electrons. The maximum atomic E-state index is 15.5. The SMILES string of the molecule is C[C@@H]1Cc2c([nH]c3ccccc23)[C@@H](c2c(F)cc(OCCN3CC(CF)C3)cc2F)N1CCC(F)(F)F. The average Bonchev–Trinajstić information content (AvgIpc) is 3.17. The van der Waals surface area contributed by atoms with Crippen molar-refractivity contribution in [3.63, 3.8) is 0 Å². The predicted molar refractivity (Wildman–Crippen MR) is 128 cm³/mol. The highest BCUT2D eigenvalue weighted by atomic mass is 19.4. The van der Waals surface area contributed by atoms with Gasteiger partial charge in [0.25, 0.3) is 0 Å². The van der Waals surface area contributed by atoms with E-state index in [9.17, 15) is 17.6 Å². The number of hydrogen-bond acceptors (Lipinski definition) is 3. The van der Waals surface area contributed by atoms with Crippen LogP contribution in [-0.4, -0.2) is 66.5 Å². The van der Waals surface area contributed by atoms with Gasteiger partial charge < -0.3 is 9.72 Å². The molecule has 1 aromatic heterocycles. The Morgan fingerprint density at radius 3 is 2.43 bits per heavy atom. The first-order chi connectivity index (χ1) is 17.6. The Morgan fingerprint density at radius 1 is 1.05 bits per heavy atom. The molecular formula is C27H29F6N3O. The number of halogens is 6. The summed E-state index contributed by atoms with van der Waals surface area (Å²) in [4.78, 5) is 6.75. The monoisotopic (exact) mass is 525 g/mol. The van der Waals surface area contributed by atoms with Gasteiger partial charge in [0, 0.05) is 72.4 Å². The Hall–Kier alpha value is -2.72. The van der Waals surface area contributed by atoms with Crippen LogP contribution in [0.5, 0.6) is 5.75 Å². The van der Waals surface area contributed by atoms with Gasteiger partial charge in [-0.3, -0.25) is 14.2 Å². The molecule has 2 aromatic carbocycles. The van der Waals surface area contributed by atoms with Crippen molar-refractivity contribution in [1.29, 1.82) is 0 Å². The number of hydrogen-bond donors (Lipinski definition) is 1. The van der Waals surface area contributed by atoms with Gasteiger partial charge in [-0.15, -0.1) is 0 Å². The van der Waals surface area contributed by atoms with E-state index in [1.54, 1.807) is 6.92 Å². The lowest BCUT2D eigenvalue weighted by Crippen LogP contribution is -2.49. The molecule has 1 fully saturated rings. The van der Waals surface area contributed by atoms with Crippen molar-refractivity contribution in [2.45, 2.75) is 38.0 Å². The van der Waals surface area contributed by atoms with E-state index in [2.05, 4.69) is 4.98 Å². The summed E-state index contributed by atoms with van der Waals surface area (Å²) in [6.45, 7) is 2.96. The number of rotatable bonds is 8. The van der Waals surface area contributed by atoms with Crippen LogP contribution in [0.4, 0.5) is 26.3 Å². The van der Waals surface area contributed by atoms with E-state index in [1.807, 2.05) is 29.2 Å². The maximum Gasteiger partial charge on any atom is 0.390 e. The number of para-hydroxylation sites is 1. The van der Waals surface area contributed by atoms with Crippen molar-refractivity contribution in [3.05, 3.63) is 64.9 Å². The van der Waals surface area contributed by atoms with Crippen LogP contribution in [0.1, 0.15) is 36.2 Å². The van der Waals surface area contributed by atoms with E-state index in [4.69, 9.17) is 4.74 Å². The zero-order chi connectivity index (χ0) is 26.3. The highest BCUT2D eigenvalue weighted by Gasteiger charge is 2.40. The molecule has 10 heteroatoms. The lowest BCUT2D eigenvalue weighted by Gasteiger charge is -2.41. The summed E-state index contributed by atoms with van der Waals surface area (Å²) >= 11 is 0. The third-order valence-corrected chi connectivity index (χ3v) is 7.42. The smallest absolute Gasteiger partial charge is 0.390 e. The van der Waals surface area contributed by atoms with Crippen LogP contribution in [0.25, 0.3) is 10.9 Å². The number of likely N-dealkylation sites (tertiary alicyclic amines) is 1. The van der Waals surface area contributed by atoms with Crippen LogP contribution in [0.15, 0.2) is 36.4 Å². The molecule has 2 atom stereocenters. The van der Waals surface area contributed by atoms with Crippen molar-refractivity contribution < 1.29 is 31.1 Å². The number of aromatic amines is 1. The molecule has 37 heavy (non-hydrogen) atoms. The van der Waals surface area contributed by atoms with Crippen LogP contribution in [-0.2, 0) is 6.42 Å². The zero-order valence-electron chi connectivity index (χ0n) is 20.4. The molecule has 0 unspecified atom stereocenters. The van der Waals surface area contributed by atoms with Crippen LogP contribution < -0.4 is 4.74 Å². The minimum atomic E-state index is -4.40. The topological polar surface area (TPSA) is 31.5 Å². The predicted octanol–water partition coefficient (Wildman–Crippen LogP) is 6.01. The van der Waals surface area contributed by atoms with E-state index < -0.39 is 36.8 Å². The Labute approximate surface area is 211 Å². The molecule has 1 N–H and O–H groups in total. The van der Waals surface area contributed by atoms with Gasteiger partial charge >= 0.3 is 6.18 Å². The number of nitrogens with one attached hydrogen (secondary N) is 1. The minimum absolute atomic E-state index is 0.00360. The van der Waals surface area contributed by atoms with E-state index in [0.29, 0.717) is 31.7 Å². The molecule has 3 aromatic rings. The number of H-pyrrole nitrogens is 1. The summed E-state index contributed by atoms with van der Waals surface area (Å²) in [5.41, 5.74) is 1.83. The van der Waals surface area contributed by atoms with Crippen molar-refractivity contribution in [2.24, 2.45) is 5.92 Å². The number of nitrogens with zero attached hydrogens (tertiary/aromatic N) is 2. The lowest BCUT2D eigenvalue weighted by atomic mass is 9.88. The molecule has 0 radical (unpaired) electrons. The van der Waals surface area contributed by atoms with E-state index in [0.717, 1.165) is 28.6 Å². The molecule has 1 saturated heterocycles. The lowest BCUT2D eigenvalue weighted by molar-refractivity contribution is -0.140. The van der Waals surface area contributed by atoms with Gasteiger partial charge in [-0.05, 0) is 25.0 Å². The number of fused-ring (bicyclic) bond motifs is 3. The number of aromatic nitrogens is 1. The van der Waals surface area contributed by atoms with E-state index in [1.165, 1.54) is 4.90 Å². The molecule has 0 amide bonds. The number of alkyl halides is 4. The molecule has 3 heterocycles. The Morgan fingerprint density at radius 2 is 1.76 bits per heavy atom. The molecule has 2 aliphatic heterocycles. The fraction of sp³-hybridized carbons (Fsp3) is 0.481. The second kappa shape index (κ2) is 10.2. The zero-order valence-corrected chi connectivity index (χ0v) is 20.4. The Balaban J connectivity index is 1.45. The largest absolute Gasteiger partial charge is 0.492 e. The van der Waals surface area contributed by atoms with Gasteiger partial charge in [0.1, 0.15) is 24.0 Å². The van der Waals surface area contributed by atoms with Crippen molar-refractivity contribution in [2.75, 3.05) is 39.5 Å². The standard InChI is InChI=1S/C27H29F6N3O/c1-16-10-20-19-4-2-3-5-23(19)34-25(20)26(36(16)7-6-27(31,32)33)24-21(29)11-18(12-22(24)30)37-9-8-35-14-17(13-28)15-35/h2-5,11-12,16-17,26,34H,6-10,13-15H2,1H3/t16-,26-/m1/s1. The van der Waals surface area contributed by atoms with Gasteiger partial charge in [-0.25, -0.2) is 8.78 Å². The first-order valence-corrected chi connectivity index (χ1v) is 12.5.